The molecule has 2 atom stereocenters. The number of carbonyl (C=O) groups excluding carboxylic acids is 1. The third-order valence-corrected chi connectivity index (χ3v) is 5.04. The van der Waals surface area contributed by atoms with E-state index in [4.69, 9.17) is 0 Å². The first-order valence-electron chi connectivity index (χ1n) is 8.60. The third kappa shape index (κ3) is 3.85. The zero-order valence-electron chi connectivity index (χ0n) is 13.4. The molecule has 1 amide bonds. The van der Waals surface area contributed by atoms with E-state index < -0.39 is 0 Å². The number of rotatable bonds is 7. The molecule has 0 aromatic carbocycles. The van der Waals surface area contributed by atoms with Gasteiger partial charge in [-0.15, -0.1) is 5.10 Å². The molecule has 2 fully saturated rings. The molecule has 2 aliphatic rings. The van der Waals surface area contributed by atoms with Gasteiger partial charge in [0.1, 0.15) is 6.54 Å². The van der Waals surface area contributed by atoms with Crippen LogP contribution in [0.3, 0.4) is 0 Å². The molecule has 0 bridgehead atoms. The highest BCUT2D eigenvalue weighted by atomic mass is 16.2. The van der Waals surface area contributed by atoms with E-state index in [0.717, 1.165) is 19.0 Å². The van der Waals surface area contributed by atoms with Crippen molar-refractivity contribution in [3.63, 3.8) is 0 Å². The predicted molar refractivity (Wildman–Crippen MR) is 84.1 cm³/mol. The Kier molecular flexibility index (Phi) is 5.08. The third-order valence-electron chi connectivity index (χ3n) is 5.04. The standard InChI is InChI=1S/C16H27N5O/c1-2-4-14-10-20(9-13-5-3-6-13)11-15(14)18-16(22)12-21-8-7-17-19-21/h7-8,13-15H,2-6,9-12H2,1H3,(H,18,22)/t14-,15-/m1/s1. The number of nitrogens with one attached hydrogen (secondary N) is 1. The summed E-state index contributed by atoms with van der Waals surface area (Å²) in [6.07, 6.45) is 9.86. The van der Waals surface area contributed by atoms with Gasteiger partial charge in [-0.25, -0.2) is 4.68 Å². The van der Waals surface area contributed by atoms with Crippen LogP contribution in [-0.4, -0.2) is 51.5 Å². The van der Waals surface area contributed by atoms with Crippen LogP contribution < -0.4 is 5.32 Å². The number of hydrogen-bond donors (Lipinski definition) is 1. The highest BCUT2D eigenvalue weighted by molar-refractivity contribution is 5.76. The van der Waals surface area contributed by atoms with Gasteiger partial charge < -0.3 is 10.2 Å². The van der Waals surface area contributed by atoms with Crippen LogP contribution in [0.1, 0.15) is 39.0 Å². The van der Waals surface area contributed by atoms with Gasteiger partial charge in [-0.3, -0.25) is 4.79 Å². The summed E-state index contributed by atoms with van der Waals surface area (Å²) in [5.74, 6) is 1.53. The lowest BCUT2D eigenvalue weighted by Gasteiger charge is -2.30. The average molecular weight is 305 g/mol. The normalized spacial score (nSPS) is 26.0. The van der Waals surface area contributed by atoms with Crippen LogP contribution in [0.4, 0.5) is 0 Å². The van der Waals surface area contributed by atoms with Gasteiger partial charge in [-0.05, 0) is 31.1 Å². The summed E-state index contributed by atoms with van der Waals surface area (Å²) in [6, 6.07) is 0.288. The van der Waals surface area contributed by atoms with Gasteiger partial charge in [0.15, 0.2) is 0 Å². The Balaban J connectivity index is 1.51. The Morgan fingerprint density at radius 3 is 2.86 bits per heavy atom. The maximum absolute atomic E-state index is 12.2. The van der Waals surface area contributed by atoms with Crippen LogP contribution in [0.5, 0.6) is 0 Å². The molecule has 0 spiro atoms. The van der Waals surface area contributed by atoms with Crippen molar-refractivity contribution in [1.29, 1.82) is 0 Å². The zero-order valence-corrected chi connectivity index (χ0v) is 13.4. The van der Waals surface area contributed by atoms with E-state index in [1.807, 2.05) is 0 Å². The molecule has 0 radical (unpaired) electrons. The first-order chi connectivity index (χ1) is 10.7. The van der Waals surface area contributed by atoms with E-state index in [2.05, 4.69) is 27.5 Å². The Labute approximate surface area is 132 Å². The first-order valence-corrected chi connectivity index (χ1v) is 8.60. The summed E-state index contributed by atoms with van der Waals surface area (Å²) in [5, 5.41) is 10.8. The quantitative estimate of drug-likeness (QED) is 0.824. The molecule has 1 saturated heterocycles. The maximum atomic E-state index is 12.2. The Hall–Kier alpha value is -1.43. The van der Waals surface area contributed by atoms with E-state index in [0.29, 0.717) is 5.92 Å². The van der Waals surface area contributed by atoms with Crippen molar-refractivity contribution in [2.45, 2.75) is 51.6 Å². The van der Waals surface area contributed by atoms with Crippen molar-refractivity contribution in [3.05, 3.63) is 12.4 Å². The van der Waals surface area contributed by atoms with Gasteiger partial charge in [0.2, 0.25) is 5.91 Å². The summed E-state index contributed by atoms with van der Waals surface area (Å²) in [4.78, 5) is 14.8. The molecule has 1 aromatic heterocycles. The van der Waals surface area contributed by atoms with E-state index in [1.54, 1.807) is 17.1 Å². The van der Waals surface area contributed by atoms with Gasteiger partial charge in [0, 0.05) is 31.9 Å². The van der Waals surface area contributed by atoms with Crippen molar-refractivity contribution in [2.75, 3.05) is 19.6 Å². The Morgan fingerprint density at radius 2 is 2.23 bits per heavy atom. The summed E-state index contributed by atoms with van der Waals surface area (Å²) in [7, 11) is 0. The number of hydrogen-bond acceptors (Lipinski definition) is 4. The largest absolute Gasteiger partial charge is 0.350 e. The summed E-state index contributed by atoms with van der Waals surface area (Å²) in [6.45, 7) is 5.85. The van der Waals surface area contributed by atoms with E-state index in [9.17, 15) is 4.79 Å². The highest BCUT2D eigenvalue weighted by Crippen LogP contribution is 2.30. The molecule has 6 heteroatoms. The van der Waals surface area contributed by atoms with Crippen LogP contribution in [0.25, 0.3) is 0 Å². The fourth-order valence-corrected chi connectivity index (χ4v) is 3.69. The van der Waals surface area contributed by atoms with E-state index in [-0.39, 0.29) is 18.5 Å². The van der Waals surface area contributed by atoms with Crippen LogP contribution in [0.15, 0.2) is 12.4 Å². The molecule has 122 valence electrons. The second-order valence-electron chi connectivity index (χ2n) is 6.84. The smallest absolute Gasteiger partial charge is 0.242 e. The summed E-state index contributed by atoms with van der Waals surface area (Å²) >= 11 is 0. The molecule has 1 N–H and O–H groups in total. The van der Waals surface area contributed by atoms with Crippen molar-refractivity contribution < 1.29 is 4.79 Å². The Morgan fingerprint density at radius 1 is 1.36 bits per heavy atom. The molecular formula is C16H27N5O. The number of amides is 1. The fourth-order valence-electron chi connectivity index (χ4n) is 3.69. The van der Waals surface area contributed by atoms with Gasteiger partial charge in [-0.2, -0.15) is 0 Å². The minimum atomic E-state index is 0.0436. The second-order valence-corrected chi connectivity index (χ2v) is 6.84. The minimum Gasteiger partial charge on any atom is -0.350 e. The molecule has 0 unspecified atom stereocenters. The van der Waals surface area contributed by atoms with Gasteiger partial charge in [-0.1, -0.05) is 25.0 Å². The van der Waals surface area contributed by atoms with Gasteiger partial charge in [0.05, 0.1) is 6.20 Å². The molecule has 1 saturated carbocycles. The summed E-state index contributed by atoms with van der Waals surface area (Å²) in [5.41, 5.74) is 0. The molecule has 1 aromatic rings. The summed E-state index contributed by atoms with van der Waals surface area (Å²) < 4.78 is 1.57. The van der Waals surface area contributed by atoms with Crippen LogP contribution in [0.2, 0.25) is 0 Å². The second kappa shape index (κ2) is 7.22. The molecule has 22 heavy (non-hydrogen) atoms. The minimum absolute atomic E-state index is 0.0436. The molecule has 6 nitrogen and oxygen atoms in total. The number of carbonyl (C=O) groups is 1. The van der Waals surface area contributed by atoms with Crippen molar-refractivity contribution >= 4 is 5.91 Å². The Bertz CT molecular complexity index is 471. The molecule has 1 aliphatic carbocycles. The predicted octanol–water partition coefficient (Wildman–Crippen LogP) is 1.29. The SMILES string of the molecule is CCC[C@@H]1CN(CC2CCC2)C[C@H]1NC(=O)Cn1ccnn1. The molecule has 3 rings (SSSR count). The number of likely N-dealkylation sites (tertiary alicyclic amines) is 1. The number of nitrogens with zero attached hydrogens (tertiary/aromatic N) is 4. The van der Waals surface area contributed by atoms with E-state index in [1.165, 1.54) is 38.6 Å². The molecular weight excluding hydrogens is 278 g/mol. The van der Waals surface area contributed by atoms with Crippen molar-refractivity contribution in [3.8, 4) is 0 Å². The van der Waals surface area contributed by atoms with Crippen LogP contribution in [-0.2, 0) is 11.3 Å². The van der Waals surface area contributed by atoms with Crippen molar-refractivity contribution in [1.82, 2.24) is 25.2 Å². The highest BCUT2D eigenvalue weighted by Gasteiger charge is 2.34. The van der Waals surface area contributed by atoms with Gasteiger partial charge >= 0.3 is 0 Å². The lowest BCUT2D eigenvalue weighted by molar-refractivity contribution is -0.122. The average Bonchev–Trinajstić information content (AvgIpc) is 3.05. The lowest BCUT2D eigenvalue weighted by Crippen LogP contribution is -2.42. The first kappa shape index (κ1) is 15.5. The molecule has 1 aliphatic heterocycles. The van der Waals surface area contributed by atoms with Crippen molar-refractivity contribution in [2.24, 2.45) is 11.8 Å². The fraction of sp³-hybridized carbons (Fsp3) is 0.812. The van der Waals surface area contributed by atoms with Crippen LogP contribution in [0, 0.1) is 11.8 Å². The molecule has 2 heterocycles. The topological polar surface area (TPSA) is 63.1 Å². The van der Waals surface area contributed by atoms with Gasteiger partial charge in [0.25, 0.3) is 0 Å². The monoisotopic (exact) mass is 305 g/mol. The lowest BCUT2D eigenvalue weighted by atomic mass is 9.85. The van der Waals surface area contributed by atoms with E-state index >= 15 is 0 Å². The van der Waals surface area contributed by atoms with Crippen LogP contribution >= 0.6 is 0 Å². The zero-order chi connectivity index (χ0) is 15.4. The maximum Gasteiger partial charge on any atom is 0.242 e. The number of aromatic nitrogens is 3.